The minimum atomic E-state index is -4.13. The first-order chi connectivity index (χ1) is 9.55. The molecule has 21 heavy (non-hydrogen) atoms. The fourth-order valence-corrected chi connectivity index (χ4v) is 4.47. The Bertz CT molecular complexity index is 623. The normalized spacial score (nSPS) is 15.1. The highest BCUT2D eigenvalue weighted by Gasteiger charge is 2.27. The zero-order valence-corrected chi connectivity index (χ0v) is 14.7. The van der Waals surface area contributed by atoms with Crippen LogP contribution in [0.25, 0.3) is 0 Å². The average molecular weight is 357 g/mol. The van der Waals surface area contributed by atoms with Gasteiger partial charge in [0.15, 0.2) is 0 Å². The highest BCUT2D eigenvalue weighted by atomic mass is 35.5. The first-order valence-electron chi connectivity index (χ1n) is 6.11. The molecule has 1 rings (SSSR count). The van der Waals surface area contributed by atoms with E-state index < -0.39 is 23.8 Å². The third kappa shape index (κ3) is 5.70. The molecule has 0 radical (unpaired) electrons. The van der Waals surface area contributed by atoms with Gasteiger partial charge in [-0.05, 0) is 32.4 Å². The maximum Gasteiger partial charge on any atom is 0.299 e. The molecular formula is C12H18ClO6PS. The van der Waals surface area contributed by atoms with Crippen LogP contribution < -0.4 is 0 Å². The number of benzene rings is 1. The van der Waals surface area contributed by atoms with E-state index in [9.17, 15) is 13.0 Å². The third-order valence-electron chi connectivity index (χ3n) is 2.25. The molecule has 0 saturated heterocycles. The summed E-state index contributed by atoms with van der Waals surface area (Å²) in [6.45, 7) is 6.19. The molecule has 0 fully saturated rings. The van der Waals surface area contributed by atoms with Crippen molar-refractivity contribution in [2.75, 3.05) is 13.0 Å². The Morgan fingerprint density at radius 2 is 1.95 bits per heavy atom. The predicted octanol–water partition coefficient (Wildman–Crippen LogP) is 3.58. The molecule has 9 heteroatoms. The summed E-state index contributed by atoms with van der Waals surface area (Å²) in [5, 5.41) is 0.0419. The van der Waals surface area contributed by atoms with Crippen molar-refractivity contribution in [3.05, 3.63) is 28.8 Å². The lowest BCUT2D eigenvalue weighted by Crippen LogP contribution is -2.12. The monoisotopic (exact) mass is 356 g/mol. The van der Waals surface area contributed by atoms with E-state index in [1.54, 1.807) is 32.9 Å². The second-order valence-electron chi connectivity index (χ2n) is 4.82. The van der Waals surface area contributed by atoms with Crippen LogP contribution in [0.5, 0.6) is 0 Å². The standard InChI is InChI=1S/C12H18ClO6PS/c1-9(2)18-19-20(4,14)8-17-21(15,16)12-10(3)6-5-7-11(12)13/h5-7,9H,8H2,1-4H3. The second-order valence-corrected chi connectivity index (χ2v) is 9.22. The van der Waals surface area contributed by atoms with Crippen LogP contribution in [0.3, 0.4) is 0 Å². The molecule has 120 valence electrons. The lowest BCUT2D eigenvalue weighted by Gasteiger charge is -2.15. The number of hydrogen-bond acceptors (Lipinski definition) is 6. The van der Waals surface area contributed by atoms with Gasteiger partial charge in [0.2, 0.25) is 0 Å². The molecule has 0 saturated carbocycles. The van der Waals surface area contributed by atoms with E-state index in [0.29, 0.717) is 5.56 Å². The lowest BCUT2D eigenvalue weighted by atomic mass is 10.2. The largest absolute Gasteiger partial charge is 0.299 e. The van der Waals surface area contributed by atoms with Gasteiger partial charge in [0.25, 0.3) is 17.5 Å². The van der Waals surface area contributed by atoms with Crippen LogP contribution in [-0.4, -0.2) is 27.5 Å². The van der Waals surface area contributed by atoms with Gasteiger partial charge in [0.05, 0.1) is 11.1 Å². The molecule has 0 aliphatic rings. The van der Waals surface area contributed by atoms with Crippen LogP contribution in [0.1, 0.15) is 19.4 Å². The summed E-state index contributed by atoms with van der Waals surface area (Å²) in [6, 6.07) is 4.65. The van der Waals surface area contributed by atoms with Crippen LogP contribution in [0, 0.1) is 6.92 Å². The zero-order chi connectivity index (χ0) is 16.3. The van der Waals surface area contributed by atoms with Crippen LogP contribution in [-0.2, 0) is 28.4 Å². The zero-order valence-electron chi connectivity index (χ0n) is 12.2. The van der Waals surface area contributed by atoms with E-state index in [1.807, 2.05) is 0 Å². The van der Waals surface area contributed by atoms with Gasteiger partial charge in [-0.1, -0.05) is 23.7 Å². The van der Waals surface area contributed by atoms with E-state index in [1.165, 1.54) is 12.7 Å². The van der Waals surface area contributed by atoms with E-state index in [4.69, 9.17) is 25.3 Å². The number of aryl methyl sites for hydroxylation is 1. The molecule has 0 spiro atoms. The van der Waals surface area contributed by atoms with Crippen molar-refractivity contribution in [1.82, 2.24) is 0 Å². The molecule has 0 amide bonds. The van der Waals surface area contributed by atoms with Crippen molar-refractivity contribution in [3.8, 4) is 0 Å². The number of rotatable bonds is 7. The Morgan fingerprint density at radius 3 is 2.48 bits per heavy atom. The molecular weight excluding hydrogens is 339 g/mol. The summed E-state index contributed by atoms with van der Waals surface area (Å²) in [7, 11) is -7.49. The van der Waals surface area contributed by atoms with Gasteiger partial charge >= 0.3 is 0 Å². The van der Waals surface area contributed by atoms with Gasteiger partial charge in [0.1, 0.15) is 11.2 Å². The summed E-state index contributed by atoms with van der Waals surface area (Å²) in [5.74, 6) is 0. The Kier molecular flexibility index (Phi) is 6.40. The van der Waals surface area contributed by atoms with Crippen LogP contribution in [0.15, 0.2) is 23.1 Å². The fraction of sp³-hybridized carbons (Fsp3) is 0.500. The van der Waals surface area contributed by atoms with E-state index in [-0.39, 0.29) is 16.0 Å². The van der Waals surface area contributed by atoms with Crippen LogP contribution >= 0.6 is 19.0 Å². The predicted molar refractivity (Wildman–Crippen MR) is 80.2 cm³/mol. The van der Waals surface area contributed by atoms with Crippen molar-refractivity contribution < 1.29 is 26.7 Å². The Morgan fingerprint density at radius 1 is 1.33 bits per heavy atom. The summed E-state index contributed by atoms with van der Waals surface area (Å²) in [5.41, 5.74) is 0.438. The topological polar surface area (TPSA) is 78.9 Å². The molecule has 1 atom stereocenters. The lowest BCUT2D eigenvalue weighted by molar-refractivity contribution is -0.234. The maximum atomic E-state index is 12.1. The maximum absolute atomic E-state index is 12.1. The Balaban J connectivity index is 2.85. The first-order valence-corrected chi connectivity index (χ1v) is 10.2. The highest BCUT2D eigenvalue weighted by Crippen LogP contribution is 2.44. The smallest absolute Gasteiger partial charge is 0.288 e. The molecule has 0 heterocycles. The second kappa shape index (κ2) is 7.22. The number of halogens is 1. The first kappa shape index (κ1) is 18.6. The summed E-state index contributed by atoms with van der Waals surface area (Å²) in [4.78, 5) is 4.62. The van der Waals surface area contributed by atoms with E-state index in [2.05, 4.69) is 0 Å². The summed E-state index contributed by atoms with van der Waals surface area (Å²) in [6.07, 6.45) is -0.937. The molecule has 0 aliphatic heterocycles. The van der Waals surface area contributed by atoms with E-state index in [0.717, 1.165) is 0 Å². The molecule has 0 aliphatic carbocycles. The highest BCUT2D eigenvalue weighted by molar-refractivity contribution is 7.87. The SMILES string of the molecule is Cc1cccc(Cl)c1S(=O)(=O)OCP(C)(=O)OOC(C)C. The van der Waals surface area contributed by atoms with Crippen molar-refractivity contribution >= 4 is 29.1 Å². The average Bonchev–Trinajstić information content (AvgIpc) is 2.34. The van der Waals surface area contributed by atoms with Crippen molar-refractivity contribution in [2.45, 2.75) is 31.8 Å². The van der Waals surface area contributed by atoms with Crippen molar-refractivity contribution in [2.24, 2.45) is 0 Å². The molecule has 0 aromatic heterocycles. The molecule has 0 N–H and O–H groups in total. The van der Waals surface area contributed by atoms with Gasteiger partial charge in [-0.2, -0.15) is 13.1 Å². The minimum Gasteiger partial charge on any atom is -0.288 e. The molecule has 0 bridgehead atoms. The van der Waals surface area contributed by atoms with Gasteiger partial charge in [-0.3, -0.25) is 8.75 Å². The fourth-order valence-electron chi connectivity index (χ4n) is 1.36. The Hall–Kier alpha value is -0.430. The van der Waals surface area contributed by atoms with Gasteiger partial charge in [-0.15, -0.1) is 0 Å². The number of hydrogen-bond donors (Lipinski definition) is 0. The van der Waals surface area contributed by atoms with Crippen LogP contribution in [0.2, 0.25) is 5.02 Å². The van der Waals surface area contributed by atoms with Crippen molar-refractivity contribution in [3.63, 3.8) is 0 Å². The minimum absolute atomic E-state index is 0.0419. The molecule has 1 unspecified atom stereocenters. The summed E-state index contributed by atoms with van der Waals surface area (Å²) < 4.78 is 45.8. The molecule has 6 nitrogen and oxygen atoms in total. The van der Waals surface area contributed by atoms with Crippen molar-refractivity contribution in [1.29, 1.82) is 0 Å². The van der Waals surface area contributed by atoms with E-state index >= 15 is 0 Å². The summed E-state index contributed by atoms with van der Waals surface area (Å²) >= 11 is 5.88. The Labute approximate surface area is 129 Å². The molecule has 1 aromatic carbocycles. The third-order valence-corrected chi connectivity index (χ3v) is 5.32. The molecule has 1 aromatic rings. The van der Waals surface area contributed by atoms with Gasteiger partial charge < -0.3 is 0 Å². The van der Waals surface area contributed by atoms with Crippen LogP contribution in [0.4, 0.5) is 0 Å². The quantitative estimate of drug-likeness (QED) is 0.321. The van der Waals surface area contributed by atoms with Gasteiger partial charge in [-0.25, -0.2) is 4.89 Å². The van der Waals surface area contributed by atoms with Gasteiger partial charge in [0, 0.05) is 6.66 Å².